The van der Waals surface area contributed by atoms with E-state index in [-0.39, 0.29) is 0 Å². The SMILES string of the molecule is O=P(O)(OC[C@@H](O)[C@@H](O)[C@@H](O)CO)O[C@H]1[C@@H](O[C@@H]2[C@@H](O)[C@@H](O)O[C@H](CO)[C@H]2O)O[C@H](CO)[C@H](O)[C@@H]1O. The third-order valence-electron chi connectivity index (χ3n) is 5.60. The third-order valence-corrected chi connectivity index (χ3v) is 6.58. The molecule has 36 heavy (non-hydrogen) atoms. The highest BCUT2D eigenvalue weighted by Crippen LogP contribution is 2.47. The van der Waals surface area contributed by atoms with Gasteiger partial charge < -0.3 is 75.3 Å². The molecule has 2 aliphatic heterocycles. The highest BCUT2D eigenvalue weighted by Gasteiger charge is 2.53. The molecule has 19 heteroatoms. The minimum atomic E-state index is -5.28. The Kier molecular flexibility index (Phi) is 12.0. The number of rotatable bonds is 12. The topological polar surface area (TPSA) is 306 Å². The van der Waals surface area contributed by atoms with Crippen molar-refractivity contribution in [3.8, 4) is 0 Å². The van der Waals surface area contributed by atoms with Crippen LogP contribution >= 0.6 is 7.82 Å². The first-order chi connectivity index (χ1) is 16.8. The van der Waals surface area contributed by atoms with Crippen molar-refractivity contribution in [2.24, 2.45) is 0 Å². The van der Waals surface area contributed by atoms with Gasteiger partial charge in [0.1, 0.15) is 67.1 Å². The minimum absolute atomic E-state index is 0.824. The number of hydrogen-bond acceptors (Lipinski definition) is 17. The zero-order chi connectivity index (χ0) is 27.4. The fraction of sp³-hybridized carbons (Fsp3) is 1.00. The molecule has 0 bridgehead atoms. The third kappa shape index (κ3) is 7.56. The fourth-order valence-corrected chi connectivity index (χ4v) is 4.41. The van der Waals surface area contributed by atoms with Gasteiger partial charge in [-0.05, 0) is 0 Å². The molecule has 2 fully saturated rings. The summed E-state index contributed by atoms with van der Waals surface area (Å²) < 4.78 is 37.2. The highest BCUT2D eigenvalue weighted by molar-refractivity contribution is 7.47. The van der Waals surface area contributed by atoms with Crippen LogP contribution in [-0.4, -0.2) is 167 Å². The number of phosphoric ester groups is 1. The molecular weight excluding hydrogens is 523 g/mol. The van der Waals surface area contributed by atoms with Crippen molar-refractivity contribution in [3.63, 3.8) is 0 Å². The largest absolute Gasteiger partial charge is 0.472 e. The van der Waals surface area contributed by atoms with Crippen molar-refractivity contribution in [2.75, 3.05) is 26.4 Å². The van der Waals surface area contributed by atoms with Crippen molar-refractivity contribution in [1.82, 2.24) is 0 Å². The summed E-state index contributed by atoms with van der Waals surface area (Å²) in [7, 11) is -5.28. The Bertz CT molecular complexity index is 715. The quantitative estimate of drug-likeness (QED) is 0.0993. The van der Waals surface area contributed by atoms with Gasteiger partial charge >= 0.3 is 7.82 Å². The Morgan fingerprint density at radius 3 is 1.92 bits per heavy atom. The van der Waals surface area contributed by atoms with Crippen molar-refractivity contribution in [1.29, 1.82) is 0 Å². The van der Waals surface area contributed by atoms with E-state index in [1.54, 1.807) is 0 Å². The molecule has 0 aliphatic carbocycles. The molecule has 0 aromatic heterocycles. The molecule has 14 atom stereocenters. The average molecular weight is 556 g/mol. The lowest BCUT2D eigenvalue weighted by atomic mass is 9.97. The molecule has 0 spiro atoms. The maximum absolute atomic E-state index is 12.4. The van der Waals surface area contributed by atoms with E-state index in [0.717, 1.165) is 0 Å². The minimum Gasteiger partial charge on any atom is -0.394 e. The zero-order valence-corrected chi connectivity index (χ0v) is 19.5. The van der Waals surface area contributed by atoms with Crippen LogP contribution in [0.5, 0.6) is 0 Å². The maximum atomic E-state index is 12.4. The van der Waals surface area contributed by atoms with Gasteiger partial charge in [0.15, 0.2) is 12.6 Å². The van der Waals surface area contributed by atoms with E-state index in [2.05, 4.69) is 4.52 Å². The van der Waals surface area contributed by atoms with E-state index < -0.39 is 114 Å². The average Bonchev–Trinajstić information content (AvgIpc) is 2.85. The lowest BCUT2D eigenvalue weighted by molar-refractivity contribution is -0.353. The predicted octanol–water partition coefficient (Wildman–Crippen LogP) is -7.18. The van der Waals surface area contributed by atoms with Gasteiger partial charge in [-0.3, -0.25) is 9.05 Å². The van der Waals surface area contributed by atoms with Crippen LogP contribution in [0.25, 0.3) is 0 Å². The molecule has 0 amide bonds. The normalized spacial score (nSPS) is 41.9. The van der Waals surface area contributed by atoms with Gasteiger partial charge in [0.2, 0.25) is 0 Å². The van der Waals surface area contributed by atoms with Crippen LogP contribution in [0.1, 0.15) is 0 Å². The van der Waals surface area contributed by atoms with Crippen molar-refractivity contribution in [2.45, 2.75) is 79.7 Å². The second-order valence-corrected chi connectivity index (χ2v) is 9.58. The summed E-state index contributed by atoms with van der Waals surface area (Å²) >= 11 is 0. The highest BCUT2D eigenvalue weighted by atomic mass is 31.2. The number of phosphoric acid groups is 1. The summed E-state index contributed by atoms with van der Waals surface area (Å²) in [5.41, 5.74) is 0. The van der Waals surface area contributed by atoms with Gasteiger partial charge in [0, 0.05) is 0 Å². The van der Waals surface area contributed by atoms with Crippen LogP contribution in [0.4, 0.5) is 0 Å². The van der Waals surface area contributed by atoms with Crippen LogP contribution < -0.4 is 0 Å². The van der Waals surface area contributed by atoms with Crippen LogP contribution in [0.3, 0.4) is 0 Å². The van der Waals surface area contributed by atoms with Gasteiger partial charge in [-0.25, -0.2) is 4.57 Å². The molecule has 18 nitrogen and oxygen atoms in total. The second kappa shape index (κ2) is 13.6. The monoisotopic (exact) mass is 556 g/mol. The molecule has 0 saturated carbocycles. The molecule has 12 N–H and O–H groups in total. The summed E-state index contributed by atoms with van der Waals surface area (Å²) in [6.07, 6.45) is -24.5. The van der Waals surface area contributed by atoms with Gasteiger partial charge in [-0.15, -0.1) is 0 Å². The molecule has 0 aromatic carbocycles. The second-order valence-electron chi connectivity index (χ2n) is 8.18. The first-order valence-electron chi connectivity index (χ1n) is 10.7. The van der Waals surface area contributed by atoms with Crippen LogP contribution in [0.15, 0.2) is 0 Å². The molecule has 1 unspecified atom stereocenters. The van der Waals surface area contributed by atoms with E-state index >= 15 is 0 Å². The number of ether oxygens (including phenoxy) is 3. The fourth-order valence-electron chi connectivity index (χ4n) is 3.48. The Morgan fingerprint density at radius 2 is 1.36 bits per heavy atom. The Hall–Kier alpha value is -0.450. The van der Waals surface area contributed by atoms with Crippen molar-refractivity contribution in [3.05, 3.63) is 0 Å². The summed E-state index contributed by atoms with van der Waals surface area (Å²) in [6.45, 7) is -3.79. The Morgan fingerprint density at radius 1 is 0.778 bits per heavy atom. The molecule has 214 valence electrons. The predicted molar refractivity (Wildman–Crippen MR) is 108 cm³/mol. The molecule has 2 rings (SSSR count). The first kappa shape index (κ1) is 31.8. The lowest BCUT2D eigenvalue weighted by Crippen LogP contribution is -2.64. The van der Waals surface area contributed by atoms with E-state index in [1.165, 1.54) is 0 Å². The number of hydrogen-bond donors (Lipinski definition) is 12. The standard InChI is InChI=1S/C17H33O18P/c18-1-5(21)9(23)6(22)4-31-36(29,30)35-15-12(26)10(24)7(2-19)33-17(15)34-14-11(25)8(3-20)32-16(28)13(14)27/h5-28H,1-4H2,(H,29,30)/t5-,6+,7+,8+,9-,10-,11+,12-,13+,14-,15+,16-,17+/m0/s1. The first-order valence-corrected chi connectivity index (χ1v) is 12.2. The van der Waals surface area contributed by atoms with E-state index in [0.29, 0.717) is 0 Å². The summed E-state index contributed by atoms with van der Waals surface area (Å²) in [5.74, 6) is 0. The van der Waals surface area contributed by atoms with Gasteiger partial charge in [-0.1, -0.05) is 0 Å². The van der Waals surface area contributed by atoms with E-state index in [9.17, 15) is 60.5 Å². The zero-order valence-electron chi connectivity index (χ0n) is 18.6. The van der Waals surface area contributed by atoms with Crippen LogP contribution in [0, 0.1) is 0 Å². The summed E-state index contributed by atoms with van der Waals surface area (Å²) in [5, 5.41) is 107. The molecule has 2 heterocycles. The molecule has 2 saturated heterocycles. The molecule has 2 aliphatic rings. The maximum Gasteiger partial charge on any atom is 0.472 e. The number of aliphatic hydroxyl groups is 11. The smallest absolute Gasteiger partial charge is 0.394 e. The Labute approximate surface area is 203 Å². The summed E-state index contributed by atoms with van der Waals surface area (Å²) in [6, 6.07) is 0. The number of aliphatic hydroxyl groups excluding tert-OH is 11. The molecule has 0 radical (unpaired) electrons. The Balaban J connectivity index is 2.20. The van der Waals surface area contributed by atoms with Gasteiger partial charge in [0.05, 0.1) is 26.4 Å². The van der Waals surface area contributed by atoms with Crippen LogP contribution in [-0.2, 0) is 27.8 Å². The van der Waals surface area contributed by atoms with Crippen molar-refractivity contribution >= 4 is 7.82 Å². The van der Waals surface area contributed by atoms with Gasteiger partial charge in [0.25, 0.3) is 0 Å². The summed E-state index contributed by atoms with van der Waals surface area (Å²) in [4.78, 5) is 10.0. The van der Waals surface area contributed by atoms with E-state index in [1.807, 2.05) is 0 Å². The van der Waals surface area contributed by atoms with Crippen molar-refractivity contribution < 1.29 is 88.9 Å². The lowest BCUT2D eigenvalue weighted by Gasteiger charge is -2.46. The van der Waals surface area contributed by atoms with Crippen LogP contribution in [0.2, 0.25) is 0 Å². The van der Waals surface area contributed by atoms with Gasteiger partial charge in [-0.2, -0.15) is 0 Å². The molecule has 0 aromatic rings. The molecular formula is C17H33O18P. The van der Waals surface area contributed by atoms with E-state index in [4.69, 9.17) is 23.8 Å².